The largest absolute Gasteiger partial charge is 0.355 e. The molecule has 0 unspecified atom stereocenters. The number of nitrogens with one attached hydrogen (secondary N) is 1. The van der Waals surface area contributed by atoms with E-state index in [2.05, 4.69) is 21.9 Å². The van der Waals surface area contributed by atoms with Gasteiger partial charge in [-0.2, -0.15) is 0 Å². The van der Waals surface area contributed by atoms with Crippen LogP contribution in [0.4, 0.5) is 0 Å². The lowest BCUT2D eigenvalue weighted by molar-refractivity contribution is -0.133. The summed E-state index contributed by atoms with van der Waals surface area (Å²) in [4.78, 5) is 35.8. The fourth-order valence-corrected chi connectivity index (χ4v) is 4.12. The number of carbonyl (C=O) groups excluding carboxylic acids is 2. The van der Waals surface area contributed by atoms with E-state index in [4.69, 9.17) is 0 Å². The minimum Gasteiger partial charge on any atom is -0.355 e. The normalized spacial score (nSPS) is 15.7. The number of benzene rings is 1. The van der Waals surface area contributed by atoms with Crippen LogP contribution in [0, 0.1) is 0 Å². The summed E-state index contributed by atoms with van der Waals surface area (Å²) in [6, 6.07) is 11.7. The Labute approximate surface area is 175 Å². The molecule has 1 N–H and O–H groups in total. The van der Waals surface area contributed by atoms with Crippen LogP contribution in [0.5, 0.6) is 0 Å². The lowest BCUT2D eigenvalue weighted by Crippen LogP contribution is -2.52. The Bertz CT molecular complexity index is 1020. The van der Waals surface area contributed by atoms with E-state index in [1.165, 1.54) is 6.08 Å². The first kappa shape index (κ1) is 19.8. The summed E-state index contributed by atoms with van der Waals surface area (Å²) in [6.07, 6.45) is 8.67. The molecule has 154 valence electrons. The number of nitrogens with zero attached hydrogens (tertiary/aromatic N) is 4. The minimum absolute atomic E-state index is 0.00120. The van der Waals surface area contributed by atoms with Gasteiger partial charge in [-0.25, -0.2) is 9.97 Å². The van der Waals surface area contributed by atoms with E-state index in [-0.39, 0.29) is 11.8 Å². The SMILES string of the molecule is C=CC(=O)N1CCC(C(=O)NCCc2cn3cccnc3n2)(c2ccccc2)CC1. The Kier molecular flexibility index (Phi) is 5.61. The highest BCUT2D eigenvalue weighted by molar-refractivity contribution is 5.90. The minimum atomic E-state index is -0.639. The van der Waals surface area contributed by atoms with Gasteiger partial charge in [0.05, 0.1) is 11.1 Å². The van der Waals surface area contributed by atoms with Gasteiger partial charge in [0.25, 0.3) is 0 Å². The maximum atomic E-state index is 13.4. The first-order valence-electron chi connectivity index (χ1n) is 10.2. The number of fused-ring (bicyclic) bond motifs is 1. The molecule has 2 aromatic heterocycles. The highest BCUT2D eigenvalue weighted by Gasteiger charge is 2.43. The van der Waals surface area contributed by atoms with E-state index >= 15 is 0 Å². The fourth-order valence-electron chi connectivity index (χ4n) is 4.12. The van der Waals surface area contributed by atoms with Gasteiger partial charge >= 0.3 is 0 Å². The second kappa shape index (κ2) is 8.49. The summed E-state index contributed by atoms with van der Waals surface area (Å²) in [6.45, 7) is 5.13. The van der Waals surface area contributed by atoms with Crippen LogP contribution >= 0.6 is 0 Å². The third-order valence-electron chi connectivity index (χ3n) is 5.82. The molecule has 30 heavy (non-hydrogen) atoms. The van der Waals surface area contributed by atoms with Crippen molar-refractivity contribution in [1.82, 2.24) is 24.6 Å². The summed E-state index contributed by atoms with van der Waals surface area (Å²) in [7, 11) is 0. The Balaban J connectivity index is 1.46. The van der Waals surface area contributed by atoms with Gasteiger partial charge in [0.2, 0.25) is 17.6 Å². The Morgan fingerprint density at radius 3 is 2.63 bits per heavy atom. The Morgan fingerprint density at radius 1 is 1.17 bits per heavy atom. The van der Waals surface area contributed by atoms with E-state index in [1.54, 1.807) is 11.1 Å². The molecule has 0 bridgehead atoms. The predicted molar refractivity (Wildman–Crippen MR) is 114 cm³/mol. The second-order valence-electron chi connectivity index (χ2n) is 7.54. The smallest absolute Gasteiger partial charge is 0.245 e. The molecule has 0 radical (unpaired) electrons. The summed E-state index contributed by atoms with van der Waals surface area (Å²) in [5, 5.41) is 3.11. The van der Waals surface area contributed by atoms with Crippen LogP contribution in [0.2, 0.25) is 0 Å². The number of imidazole rings is 1. The van der Waals surface area contributed by atoms with E-state index < -0.39 is 5.41 Å². The van der Waals surface area contributed by atoms with Crippen molar-refractivity contribution in [3.05, 3.63) is 78.9 Å². The second-order valence-corrected chi connectivity index (χ2v) is 7.54. The van der Waals surface area contributed by atoms with Crippen LogP contribution < -0.4 is 5.32 Å². The van der Waals surface area contributed by atoms with E-state index in [0.717, 1.165) is 11.3 Å². The number of piperidine rings is 1. The van der Waals surface area contributed by atoms with Crippen molar-refractivity contribution in [3.8, 4) is 0 Å². The molecule has 1 aliphatic heterocycles. The number of aromatic nitrogens is 3. The number of likely N-dealkylation sites (tertiary alicyclic amines) is 1. The van der Waals surface area contributed by atoms with Crippen molar-refractivity contribution in [3.63, 3.8) is 0 Å². The van der Waals surface area contributed by atoms with E-state index in [9.17, 15) is 9.59 Å². The number of rotatable bonds is 6. The van der Waals surface area contributed by atoms with Crippen LogP contribution in [-0.4, -0.2) is 50.7 Å². The van der Waals surface area contributed by atoms with Crippen LogP contribution in [-0.2, 0) is 21.4 Å². The summed E-state index contributed by atoms with van der Waals surface area (Å²) in [5.41, 5.74) is 1.24. The molecule has 2 amide bonds. The molecule has 1 fully saturated rings. The van der Waals surface area contributed by atoms with Gasteiger partial charge in [0, 0.05) is 44.6 Å². The Hall–Kier alpha value is -3.48. The molecule has 1 aliphatic rings. The number of hydrogen-bond donors (Lipinski definition) is 1. The van der Waals surface area contributed by atoms with Crippen molar-refractivity contribution in [2.75, 3.05) is 19.6 Å². The monoisotopic (exact) mass is 403 g/mol. The molecule has 4 rings (SSSR count). The third-order valence-corrected chi connectivity index (χ3v) is 5.82. The standard InChI is InChI=1S/C23H25N5O2/c1-2-20(29)27-15-10-23(11-16-27,18-7-4-3-5-8-18)21(30)24-13-9-19-17-28-14-6-12-25-22(28)26-19/h2-8,12,14,17H,1,9-11,13,15-16H2,(H,24,30). The predicted octanol–water partition coefficient (Wildman–Crippen LogP) is 2.13. The van der Waals surface area contributed by atoms with Crippen LogP contribution in [0.3, 0.4) is 0 Å². The first-order chi connectivity index (χ1) is 14.6. The zero-order chi connectivity index (χ0) is 21.0. The number of amides is 2. The summed E-state index contributed by atoms with van der Waals surface area (Å²) < 4.78 is 1.87. The van der Waals surface area contributed by atoms with Crippen molar-refractivity contribution in [2.45, 2.75) is 24.7 Å². The molecule has 3 heterocycles. The zero-order valence-electron chi connectivity index (χ0n) is 16.8. The van der Waals surface area contributed by atoms with Gasteiger partial charge in [-0.05, 0) is 30.5 Å². The van der Waals surface area contributed by atoms with Gasteiger partial charge < -0.3 is 10.2 Å². The maximum absolute atomic E-state index is 13.4. The molecule has 0 atom stereocenters. The van der Waals surface area contributed by atoms with Crippen LogP contribution in [0.15, 0.2) is 67.6 Å². The first-order valence-corrected chi connectivity index (χ1v) is 10.2. The van der Waals surface area contributed by atoms with Gasteiger partial charge in [-0.15, -0.1) is 0 Å². The van der Waals surface area contributed by atoms with Gasteiger partial charge in [0.1, 0.15) is 0 Å². The van der Waals surface area contributed by atoms with E-state index in [0.29, 0.717) is 44.7 Å². The van der Waals surface area contributed by atoms with Crippen molar-refractivity contribution < 1.29 is 9.59 Å². The summed E-state index contributed by atoms with van der Waals surface area (Å²) >= 11 is 0. The average Bonchev–Trinajstić information content (AvgIpc) is 3.22. The highest BCUT2D eigenvalue weighted by atomic mass is 16.2. The molecule has 3 aromatic rings. The van der Waals surface area contributed by atoms with Crippen molar-refractivity contribution in [1.29, 1.82) is 0 Å². The third kappa shape index (κ3) is 3.83. The number of carbonyl (C=O) groups is 2. The molecule has 1 saturated heterocycles. The van der Waals surface area contributed by atoms with Gasteiger partial charge in [0.15, 0.2) is 0 Å². The quantitative estimate of drug-likeness (QED) is 0.640. The van der Waals surface area contributed by atoms with Crippen molar-refractivity contribution in [2.24, 2.45) is 0 Å². The van der Waals surface area contributed by atoms with Crippen LogP contribution in [0.25, 0.3) is 5.78 Å². The molecule has 7 nitrogen and oxygen atoms in total. The number of hydrogen-bond acceptors (Lipinski definition) is 4. The molecule has 1 aromatic carbocycles. The molecule has 7 heteroatoms. The van der Waals surface area contributed by atoms with Crippen molar-refractivity contribution >= 4 is 17.6 Å². The summed E-state index contributed by atoms with van der Waals surface area (Å²) in [5.74, 6) is 0.567. The topological polar surface area (TPSA) is 79.6 Å². The molecule has 0 saturated carbocycles. The molecular formula is C23H25N5O2. The molecular weight excluding hydrogens is 378 g/mol. The lowest BCUT2D eigenvalue weighted by atomic mass is 9.72. The Morgan fingerprint density at radius 2 is 1.93 bits per heavy atom. The zero-order valence-corrected chi connectivity index (χ0v) is 16.8. The highest BCUT2D eigenvalue weighted by Crippen LogP contribution is 2.36. The van der Waals surface area contributed by atoms with Gasteiger partial charge in [-0.1, -0.05) is 36.9 Å². The molecule has 0 spiro atoms. The maximum Gasteiger partial charge on any atom is 0.245 e. The lowest BCUT2D eigenvalue weighted by Gasteiger charge is -2.40. The van der Waals surface area contributed by atoms with Crippen LogP contribution in [0.1, 0.15) is 24.1 Å². The van der Waals surface area contributed by atoms with Gasteiger partial charge in [-0.3, -0.25) is 14.0 Å². The fraction of sp³-hybridized carbons (Fsp3) is 0.304. The molecule has 0 aliphatic carbocycles. The average molecular weight is 403 g/mol. The van der Waals surface area contributed by atoms with E-state index in [1.807, 2.05) is 53.2 Å².